The Balaban J connectivity index is 1.69. The molecule has 0 bridgehead atoms. The van der Waals surface area contributed by atoms with Crippen LogP contribution in [0.15, 0.2) is 47.2 Å². The van der Waals surface area contributed by atoms with E-state index in [-0.39, 0.29) is 5.91 Å². The summed E-state index contributed by atoms with van der Waals surface area (Å²) >= 11 is 0. The van der Waals surface area contributed by atoms with E-state index >= 15 is 0 Å². The summed E-state index contributed by atoms with van der Waals surface area (Å²) in [6, 6.07) is 7.50. The first-order valence-electron chi connectivity index (χ1n) is 5.76. The van der Waals surface area contributed by atoms with Crippen LogP contribution in [-0.2, 0) is 17.9 Å². The number of carbonyl (C=O) groups excluding carboxylic acids is 1. The van der Waals surface area contributed by atoms with Gasteiger partial charge in [-0.3, -0.25) is 9.78 Å². The van der Waals surface area contributed by atoms with Gasteiger partial charge < -0.3 is 9.32 Å². The lowest BCUT2D eigenvalue weighted by molar-refractivity contribution is -0.126. The maximum absolute atomic E-state index is 12.0. The zero-order valence-corrected chi connectivity index (χ0v) is 9.74. The third kappa shape index (κ3) is 2.05. The van der Waals surface area contributed by atoms with Crippen LogP contribution in [0, 0.1) is 0 Å². The molecule has 0 spiro atoms. The maximum atomic E-state index is 12.0. The van der Waals surface area contributed by atoms with Crippen LogP contribution in [-0.4, -0.2) is 15.8 Å². The lowest BCUT2D eigenvalue weighted by Gasteiger charge is -2.11. The van der Waals surface area contributed by atoms with Gasteiger partial charge in [0.05, 0.1) is 18.5 Å². The van der Waals surface area contributed by atoms with Gasteiger partial charge in [-0.2, -0.15) is 0 Å². The van der Waals surface area contributed by atoms with Gasteiger partial charge in [0.15, 0.2) is 0 Å². The van der Waals surface area contributed by atoms with Crippen molar-refractivity contribution in [2.24, 2.45) is 0 Å². The van der Waals surface area contributed by atoms with E-state index in [1.165, 1.54) is 6.08 Å². The molecule has 3 rings (SSSR count). The Hall–Kier alpha value is -2.36. The van der Waals surface area contributed by atoms with Crippen LogP contribution in [0.25, 0.3) is 6.08 Å². The summed E-state index contributed by atoms with van der Waals surface area (Å²) < 4.78 is 5.14. The molecule has 4 nitrogen and oxygen atoms in total. The van der Waals surface area contributed by atoms with Gasteiger partial charge in [0.2, 0.25) is 5.91 Å². The molecule has 0 aliphatic carbocycles. The van der Waals surface area contributed by atoms with E-state index in [2.05, 4.69) is 4.98 Å². The fourth-order valence-corrected chi connectivity index (χ4v) is 2.00. The Morgan fingerprint density at radius 2 is 2.28 bits per heavy atom. The predicted molar refractivity (Wildman–Crippen MR) is 66.2 cm³/mol. The predicted octanol–water partition coefficient (Wildman–Crippen LogP) is 2.23. The second kappa shape index (κ2) is 4.49. The van der Waals surface area contributed by atoms with Crippen molar-refractivity contribution in [2.75, 3.05) is 0 Å². The number of amides is 1. The minimum absolute atomic E-state index is 0.0237. The molecule has 1 amide bonds. The van der Waals surface area contributed by atoms with Crippen molar-refractivity contribution in [2.45, 2.75) is 13.1 Å². The second-order valence-corrected chi connectivity index (χ2v) is 4.15. The van der Waals surface area contributed by atoms with Gasteiger partial charge in [-0.1, -0.05) is 6.07 Å². The summed E-state index contributed by atoms with van der Waals surface area (Å²) in [6.07, 6.45) is 6.55. The topological polar surface area (TPSA) is 46.3 Å². The number of hydrogen-bond donors (Lipinski definition) is 0. The molecule has 0 fully saturated rings. The normalized spacial score (nSPS) is 14.1. The van der Waals surface area contributed by atoms with E-state index in [9.17, 15) is 4.79 Å². The van der Waals surface area contributed by atoms with Crippen LogP contribution in [0.2, 0.25) is 0 Å². The van der Waals surface area contributed by atoms with E-state index in [1.807, 2.05) is 18.2 Å². The van der Waals surface area contributed by atoms with Crippen molar-refractivity contribution in [1.29, 1.82) is 0 Å². The van der Waals surface area contributed by atoms with Crippen LogP contribution in [0.3, 0.4) is 0 Å². The van der Waals surface area contributed by atoms with Crippen molar-refractivity contribution in [3.8, 4) is 0 Å². The molecular weight excluding hydrogens is 228 g/mol. The number of carbonyl (C=O) groups is 1. The fraction of sp³-hybridized carbons (Fsp3) is 0.143. The van der Waals surface area contributed by atoms with Crippen molar-refractivity contribution in [1.82, 2.24) is 9.88 Å². The third-order valence-electron chi connectivity index (χ3n) is 2.93. The molecule has 0 saturated carbocycles. The summed E-state index contributed by atoms with van der Waals surface area (Å²) in [7, 11) is 0. The Bertz CT molecular complexity index is 563. The number of rotatable bonds is 2. The van der Waals surface area contributed by atoms with E-state index in [0.29, 0.717) is 18.8 Å². The summed E-state index contributed by atoms with van der Waals surface area (Å²) in [5.41, 5.74) is 2.11. The van der Waals surface area contributed by atoms with Gasteiger partial charge >= 0.3 is 0 Å². The highest BCUT2D eigenvalue weighted by Gasteiger charge is 2.22. The fourth-order valence-electron chi connectivity index (χ4n) is 2.00. The molecule has 3 heterocycles. The number of pyridine rings is 1. The quantitative estimate of drug-likeness (QED) is 0.756. The van der Waals surface area contributed by atoms with Gasteiger partial charge in [-0.05, 0) is 29.8 Å². The number of hydrogen-bond acceptors (Lipinski definition) is 3. The van der Waals surface area contributed by atoms with Crippen LogP contribution < -0.4 is 0 Å². The molecule has 1 aliphatic rings. The molecule has 0 aromatic carbocycles. The van der Waals surface area contributed by atoms with Crippen molar-refractivity contribution >= 4 is 12.0 Å². The van der Waals surface area contributed by atoms with Crippen molar-refractivity contribution < 1.29 is 9.21 Å². The van der Waals surface area contributed by atoms with Crippen LogP contribution in [0.5, 0.6) is 0 Å². The number of nitrogens with zero attached hydrogens (tertiary/aromatic N) is 2. The van der Waals surface area contributed by atoms with E-state index in [1.54, 1.807) is 29.5 Å². The maximum Gasteiger partial charge on any atom is 0.247 e. The zero-order valence-electron chi connectivity index (χ0n) is 9.74. The molecule has 4 heteroatoms. The highest BCUT2D eigenvalue weighted by atomic mass is 16.3. The van der Waals surface area contributed by atoms with Crippen LogP contribution >= 0.6 is 0 Å². The SMILES string of the molecule is O=C(C=Cc1ccco1)N1Cc2cccnc2C1. The van der Waals surface area contributed by atoms with E-state index in [4.69, 9.17) is 4.42 Å². The molecule has 0 unspecified atom stereocenters. The molecule has 90 valence electrons. The second-order valence-electron chi connectivity index (χ2n) is 4.15. The minimum atomic E-state index is -0.0237. The van der Waals surface area contributed by atoms with Crippen molar-refractivity contribution in [3.63, 3.8) is 0 Å². The first kappa shape index (κ1) is 10.8. The molecule has 0 N–H and O–H groups in total. The molecule has 0 radical (unpaired) electrons. The summed E-state index contributed by atoms with van der Waals surface area (Å²) in [5.74, 6) is 0.655. The standard InChI is InChI=1S/C14H12N2O2/c17-14(6-5-12-4-2-8-18-12)16-9-11-3-1-7-15-13(11)10-16/h1-8H,9-10H2. The molecule has 1 aliphatic heterocycles. The summed E-state index contributed by atoms with van der Waals surface area (Å²) in [4.78, 5) is 18.0. The third-order valence-corrected chi connectivity index (χ3v) is 2.93. The van der Waals surface area contributed by atoms with Crippen LogP contribution in [0.4, 0.5) is 0 Å². The Labute approximate surface area is 105 Å². The van der Waals surface area contributed by atoms with Gasteiger partial charge in [-0.25, -0.2) is 0 Å². The first-order valence-corrected chi connectivity index (χ1v) is 5.76. The number of fused-ring (bicyclic) bond motifs is 1. The van der Waals surface area contributed by atoms with Crippen molar-refractivity contribution in [3.05, 3.63) is 59.8 Å². The lowest BCUT2D eigenvalue weighted by atomic mass is 10.2. The lowest BCUT2D eigenvalue weighted by Crippen LogP contribution is -2.23. The molecular formula is C14H12N2O2. The Morgan fingerprint density at radius 3 is 3.06 bits per heavy atom. The largest absolute Gasteiger partial charge is 0.465 e. The van der Waals surface area contributed by atoms with Crippen LogP contribution in [0.1, 0.15) is 17.0 Å². The van der Waals surface area contributed by atoms with E-state index in [0.717, 1.165) is 11.3 Å². The molecule has 18 heavy (non-hydrogen) atoms. The highest BCUT2D eigenvalue weighted by Crippen LogP contribution is 2.20. The number of furan rings is 1. The average Bonchev–Trinajstić information content (AvgIpc) is 3.04. The van der Waals surface area contributed by atoms with Gasteiger partial charge in [0.1, 0.15) is 5.76 Å². The number of aromatic nitrogens is 1. The van der Waals surface area contributed by atoms with Gasteiger partial charge in [0, 0.05) is 18.8 Å². The molecule has 0 saturated heterocycles. The Morgan fingerprint density at radius 1 is 1.33 bits per heavy atom. The van der Waals surface area contributed by atoms with E-state index < -0.39 is 0 Å². The minimum Gasteiger partial charge on any atom is -0.465 e. The first-order chi connectivity index (χ1) is 8.83. The highest BCUT2D eigenvalue weighted by molar-refractivity contribution is 5.91. The average molecular weight is 240 g/mol. The van der Waals surface area contributed by atoms with Gasteiger partial charge in [-0.15, -0.1) is 0 Å². The monoisotopic (exact) mass is 240 g/mol. The Kier molecular flexibility index (Phi) is 2.68. The smallest absolute Gasteiger partial charge is 0.247 e. The molecule has 2 aromatic heterocycles. The molecule has 2 aromatic rings. The summed E-state index contributed by atoms with van der Waals surface area (Å²) in [5, 5.41) is 0. The van der Waals surface area contributed by atoms with Gasteiger partial charge in [0.25, 0.3) is 0 Å². The summed E-state index contributed by atoms with van der Waals surface area (Å²) in [6.45, 7) is 1.21. The molecule has 0 atom stereocenters. The zero-order chi connectivity index (χ0) is 12.4.